The quantitative estimate of drug-likeness (QED) is 0.568. The van der Waals surface area contributed by atoms with Gasteiger partial charge in [0.1, 0.15) is 0 Å². The number of hydrogen-bond donors (Lipinski definition) is 0. The van der Waals surface area contributed by atoms with Gasteiger partial charge in [-0.05, 0) is 41.2 Å². The van der Waals surface area contributed by atoms with Gasteiger partial charge < -0.3 is 0 Å². The third kappa shape index (κ3) is 4.10. The molecule has 2 heteroatoms. The Morgan fingerprint density at radius 1 is 0.900 bits per heavy atom. The molecular weight excluding hydrogens is 332 g/mol. The molecule has 1 unspecified atom stereocenters. The molecule has 20 heavy (non-hydrogen) atoms. The molecule has 0 aliphatic heterocycles. The van der Waals surface area contributed by atoms with Crippen molar-refractivity contribution in [3.8, 4) is 0 Å². The molecule has 0 N–H and O–H groups in total. The third-order valence-corrected chi connectivity index (χ3v) is 4.56. The van der Waals surface area contributed by atoms with E-state index < -0.39 is 0 Å². The van der Waals surface area contributed by atoms with Gasteiger partial charge in [0, 0.05) is 16.3 Å². The molecule has 0 aliphatic carbocycles. The standard InChI is InChI=1S/C18H20BrCl/c1-13(2)15-5-3-14(4-6-15)11-17(12-20)16-7-9-18(19)10-8-16/h3-10,13,17H,11-12H2,1-2H3. The Balaban J connectivity index is 2.11. The lowest BCUT2D eigenvalue weighted by Gasteiger charge is -2.15. The van der Waals surface area contributed by atoms with Crippen molar-refractivity contribution >= 4 is 27.5 Å². The van der Waals surface area contributed by atoms with Gasteiger partial charge in [0.2, 0.25) is 0 Å². The molecule has 0 saturated carbocycles. The second-order valence-electron chi connectivity index (χ2n) is 5.50. The van der Waals surface area contributed by atoms with E-state index in [9.17, 15) is 0 Å². The van der Waals surface area contributed by atoms with Gasteiger partial charge in [0.05, 0.1) is 0 Å². The van der Waals surface area contributed by atoms with Crippen molar-refractivity contribution in [2.75, 3.05) is 5.88 Å². The lowest BCUT2D eigenvalue weighted by molar-refractivity contribution is 0.764. The minimum Gasteiger partial charge on any atom is -0.126 e. The molecule has 0 aromatic heterocycles. The van der Waals surface area contributed by atoms with E-state index in [1.165, 1.54) is 16.7 Å². The Bertz CT molecular complexity index is 528. The summed E-state index contributed by atoms with van der Waals surface area (Å²) in [6.07, 6.45) is 0.990. The van der Waals surface area contributed by atoms with Crippen molar-refractivity contribution in [3.63, 3.8) is 0 Å². The monoisotopic (exact) mass is 350 g/mol. The van der Waals surface area contributed by atoms with E-state index in [1.54, 1.807) is 0 Å². The van der Waals surface area contributed by atoms with Gasteiger partial charge in [-0.15, -0.1) is 11.6 Å². The Morgan fingerprint density at radius 2 is 1.45 bits per heavy atom. The van der Waals surface area contributed by atoms with Gasteiger partial charge >= 0.3 is 0 Å². The summed E-state index contributed by atoms with van der Waals surface area (Å²) in [5.41, 5.74) is 4.04. The van der Waals surface area contributed by atoms with E-state index >= 15 is 0 Å². The fraction of sp³-hybridized carbons (Fsp3) is 0.333. The number of alkyl halides is 1. The van der Waals surface area contributed by atoms with Crippen LogP contribution in [0.25, 0.3) is 0 Å². The average molecular weight is 352 g/mol. The highest BCUT2D eigenvalue weighted by molar-refractivity contribution is 9.10. The molecule has 0 heterocycles. The molecule has 2 rings (SSSR count). The molecule has 0 fully saturated rings. The van der Waals surface area contributed by atoms with Crippen molar-refractivity contribution in [3.05, 3.63) is 69.7 Å². The van der Waals surface area contributed by atoms with Gasteiger partial charge in [-0.2, -0.15) is 0 Å². The maximum atomic E-state index is 6.16. The van der Waals surface area contributed by atoms with Gasteiger partial charge in [-0.3, -0.25) is 0 Å². The van der Waals surface area contributed by atoms with Crippen molar-refractivity contribution in [2.24, 2.45) is 0 Å². The van der Waals surface area contributed by atoms with Gasteiger partial charge in [0.25, 0.3) is 0 Å². The van der Waals surface area contributed by atoms with E-state index in [0.29, 0.717) is 17.7 Å². The lowest BCUT2D eigenvalue weighted by Crippen LogP contribution is -2.04. The van der Waals surface area contributed by atoms with Crippen LogP contribution >= 0.6 is 27.5 Å². The molecule has 0 spiro atoms. The largest absolute Gasteiger partial charge is 0.126 e. The van der Waals surface area contributed by atoms with Crippen LogP contribution in [-0.4, -0.2) is 5.88 Å². The summed E-state index contributed by atoms with van der Waals surface area (Å²) in [5, 5.41) is 0. The van der Waals surface area contributed by atoms with E-state index in [2.05, 4.69) is 78.3 Å². The summed E-state index contributed by atoms with van der Waals surface area (Å²) in [4.78, 5) is 0. The van der Waals surface area contributed by atoms with Crippen LogP contribution in [0.1, 0.15) is 42.4 Å². The predicted molar refractivity (Wildman–Crippen MR) is 91.8 cm³/mol. The van der Waals surface area contributed by atoms with Crippen LogP contribution in [0.4, 0.5) is 0 Å². The molecule has 1 atom stereocenters. The zero-order chi connectivity index (χ0) is 14.5. The Morgan fingerprint density at radius 3 is 1.95 bits per heavy atom. The summed E-state index contributed by atoms with van der Waals surface area (Å²) in [5.74, 6) is 1.60. The molecule has 0 aliphatic rings. The van der Waals surface area contributed by atoms with Crippen LogP contribution in [-0.2, 0) is 6.42 Å². The number of hydrogen-bond acceptors (Lipinski definition) is 0. The first kappa shape index (κ1) is 15.6. The summed E-state index contributed by atoms with van der Waals surface area (Å²) in [6.45, 7) is 4.44. The summed E-state index contributed by atoms with van der Waals surface area (Å²) < 4.78 is 1.11. The van der Waals surface area contributed by atoms with Crippen molar-refractivity contribution in [1.82, 2.24) is 0 Å². The zero-order valence-electron chi connectivity index (χ0n) is 11.9. The molecule has 0 nitrogen and oxygen atoms in total. The number of halogens is 2. The number of rotatable bonds is 5. The Kier molecular flexibility index (Phi) is 5.68. The van der Waals surface area contributed by atoms with Crippen molar-refractivity contribution in [2.45, 2.75) is 32.1 Å². The van der Waals surface area contributed by atoms with Crippen LogP contribution in [0.3, 0.4) is 0 Å². The van der Waals surface area contributed by atoms with Gasteiger partial charge in [-0.25, -0.2) is 0 Å². The predicted octanol–water partition coefficient (Wildman–Crippen LogP) is 6.14. The van der Waals surface area contributed by atoms with Crippen LogP contribution < -0.4 is 0 Å². The highest BCUT2D eigenvalue weighted by Gasteiger charge is 2.11. The molecule has 0 saturated heterocycles. The Hall–Kier alpha value is -0.790. The second kappa shape index (κ2) is 7.28. The van der Waals surface area contributed by atoms with Crippen LogP contribution in [0.15, 0.2) is 53.0 Å². The smallest absolute Gasteiger partial charge is 0.0295 e. The van der Waals surface area contributed by atoms with Crippen LogP contribution in [0, 0.1) is 0 Å². The maximum absolute atomic E-state index is 6.16. The molecule has 0 amide bonds. The molecule has 0 bridgehead atoms. The van der Waals surface area contributed by atoms with Crippen molar-refractivity contribution in [1.29, 1.82) is 0 Å². The van der Waals surface area contributed by atoms with E-state index in [0.717, 1.165) is 10.9 Å². The van der Waals surface area contributed by atoms with Crippen LogP contribution in [0.5, 0.6) is 0 Å². The van der Waals surface area contributed by atoms with Gasteiger partial charge in [-0.1, -0.05) is 66.2 Å². The summed E-state index contributed by atoms with van der Waals surface area (Å²) in [7, 11) is 0. The first-order valence-electron chi connectivity index (χ1n) is 7.00. The molecule has 2 aromatic carbocycles. The summed E-state index contributed by atoms with van der Waals surface area (Å²) >= 11 is 9.63. The normalized spacial score (nSPS) is 12.7. The number of benzene rings is 2. The fourth-order valence-electron chi connectivity index (χ4n) is 2.32. The third-order valence-electron chi connectivity index (χ3n) is 3.66. The van der Waals surface area contributed by atoms with Gasteiger partial charge in [0.15, 0.2) is 0 Å². The topological polar surface area (TPSA) is 0 Å². The minimum atomic E-state index is 0.370. The fourth-order valence-corrected chi connectivity index (χ4v) is 2.87. The lowest BCUT2D eigenvalue weighted by atomic mass is 9.92. The molecule has 106 valence electrons. The SMILES string of the molecule is CC(C)c1ccc(CC(CCl)c2ccc(Br)cc2)cc1. The van der Waals surface area contributed by atoms with E-state index in [1.807, 2.05) is 0 Å². The molecule has 2 aromatic rings. The van der Waals surface area contributed by atoms with E-state index in [-0.39, 0.29) is 0 Å². The van der Waals surface area contributed by atoms with Crippen LogP contribution in [0.2, 0.25) is 0 Å². The highest BCUT2D eigenvalue weighted by Crippen LogP contribution is 2.25. The Labute approximate surface area is 135 Å². The summed E-state index contributed by atoms with van der Waals surface area (Å²) in [6, 6.07) is 17.4. The highest BCUT2D eigenvalue weighted by atomic mass is 79.9. The minimum absolute atomic E-state index is 0.370. The maximum Gasteiger partial charge on any atom is 0.0295 e. The first-order chi connectivity index (χ1) is 9.60. The second-order valence-corrected chi connectivity index (χ2v) is 6.73. The van der Waals surface area contributed by atoms with E-state index in [4.69, 9.17) is 11.6 Å². The molecular formula is C18H20BrCl. The first-order valence-corrected chi connectivity index (χ1v) is 8.33. The zero-order valence-corrected chi connectivity index (χ0v) is 14.3. The van der Waals surface area contributed by atoms with Crippen molar-refractivity contribution < 1.29 is 0 Å². The molecule has 0 radical (unpaired) electrons. The average Bonchev–Trinajstić information content (AvgIpc) is 2.46.